The molecular formula is C16H15N3OS2. The van der Waals surface area contributed by atoms with Crippen molar-refractivity contribution in [3.05, 3.63) is 52.0 Å². The van der Waals surface area contributed by atoms with E-state index in [0.717, 1.165) is 28.6 Å². The second kappa shape index (κ2) is 6.72. The van der Waals surface area contributed by atoms with E-state index in [-0.39, 0.29) is 5.91 Å². The Morgan fingerprint density at radius 3 is 2.68 bits per heavy atom. The fourth-order valence-corrected chi connectivity index (χ4v) is 3.37. The van der Waals surface area contributed by atoms with E-state index in [1.54, 1.807) is 11.3 Å². The van der Waals surface area contributed by atoms with Gasteiger partial charge in [-0.2, -0.15) is 0 Å². The third-order valence-electron chi connectivity index (χ3n) is 3.02. The normalized spacial score (nSPS) is 10.4. The highest BCUT2D eigenvalue weighted by Gasteiger charge is 2.08. The fourth-order valence-electron chi connectivity index (χ4n) is 1.96. The summed E-state index contributed by atoms with van der Waals surface area (Å²) in [6.45, 7) is 2.91. The van der Waals surface area contributed by atoms with Gasteiger partial charge in [0.05, 0.1) is 10.6 Å². The topological polar surface area (TPSA) is 54.0 Å². The van der Waals surface area contributed by atoms with Gasteiger partial charge in [-0.25, -0.2) is 4.98 Å². The molecule has 0 fully saturated rings. The lowest BCUT2D eigenvalue weighted by molar-refractivity contribution is 0.103. The molecule has 0 saturated heterocycles. The van der Waals surface area contributed by atoms with Gasteiger partial charge < -0.3 is 10.6 Å². The van der Waals surface area contributed by atoms with Crippen LogP contribution in [0.1, 0.15) is 16.6 Å². The maximum absolute atomic E-state index is 12.0. The fraction of sp³-hybridized carbons (Fsp3) is 0.125. The number of thiophene rings is 1. The van der Waals surface area contributed by atoms with Gasteiger partial charge in [-0.3, -0.25) is 4.79 Å². The van der Waals surface area contributed by atoms with Crippen molar-refractivity contribution < 1.29 is 4.79 Å². The van der Waals surface area contributed by atoms with Crippen LogP contribution >= 0.6 is 22.7 Å². The maximum atomic E-state index is 12.0. The first kappa shape index (κ1) is 14.7. The number of nitrogens with zero attached hydrogens (tertiary/aromatic N) is 1. The molecule has 4 nitrogen and oxygen atoms in total. The molecule has 0 radical (unpaired) electrons. The molecule has 0 saturated carbocycles. The summed E-state index contributed by atoms with van der Waals surface area (Å²) in [5.74, 6) is -0.0779. The van der Waals surface area contributed by atoms with E-state index in [1.165, 1.54) is 11.3 Å². The van der Waals surface area contributed by atoms with Crippen LogP contribution in [0.3, 0.4) is 0 Å². The molecule has 0 aliphatic rings. The van der Waals surface area contributed by atoms with Gasteiger partial charge in [-0.15, -0.1) is 22.7 Å². The minimum atomic E-state index is -0.0779. The van der Waals surface area contributed by atoms with Gasteiger partial charge in [0.1, 0.15) is 0 Å². The predicted octanol–water partition coefficient (Wildman–Crippen LogP) is 4.56. The molecule has 3 rings (SSSR count). The van der Waals surface area contributed by atoms with Crippen molar-refractivity contribution >= 4 is 39.4 Å². The average Bonchev–Trinajstić information content (AvgIpc) is 3.20. The molecule has 2 heterocycles. The Labute approximate surface area is 136 Å². The van der Waals surface area contributed by atoms with Gasteiger partial charge >= 0.3 is 0 Å². The number of carbonyl (C=O) groups is 1. The van der Waals surface area contributed by atoms with Crippen LogP contribution in [0, 0.1) is 0 Å². The number of aromatic nitrogens is 1. The Balaban J connectivity index is 1.70. The number of hydrogen-bond acceptors (Lipinski definition) is 5. The minimum absolute atomic E-state index is 0.0779. The Morgan fingerprint density at radius 1 is 1.18 bits per heavy atom. The first-order valence-corrected chi connectivity index (χ1v) is 8.67. The highest BCUT2D eigenvalue weighted by atomic mass is 32.1. The highest BCUT2D eigenvalue weighted by Crippen LogP contribution is 2.26. The SMILES string of the molecule is CCNc1nc(-c2ccc(NC(=O)c3cccs3)cc2)cs1. The molecule has 1 aromatic carbocycles. The molecule has 1 amide bonds. The van der Waals surface area contributed by atoms with Gasteiger partial charge in [0.25, 0.3) is 5.91 Å². The molecule has 6 heteroatoms. The van der Waals surface area contributed by atoms with Gasteiger partial charge in [0, 0.05) is 23.2 Å². The molecule has 112 valence electrons. The summed E-state index contributed by atoms with van der Waals surface area (Å²) in [7, 11) is 0. The summed E-state index contributed by atoms with van der Waals surface area (Å²) >= 11 is 3.02. The van der Waals surface area contributed by atoms with E-state index < -0.39 is 0 Å². The highest BCUT2D eigenvalue weighted by molar-refractivity contribution is 7.14. The van der Waals surface area contributed by atoms with Gasteiger partial charge in [-0.1, -0.05) is 18.2 Å². The number of hydrogen-bond donors (Lipinski definition) is 2. The lowest BCUT2D eigenvalue weighted by Crippen LogP contribution is -2.09. The summed E-state index contributed by atoms with van der Waals surface area (Å²) in [5.41, 5.74) is 2.76. The molecular weight excluding hydrogens is 314 g/mol. The van der Waals surface area contributed by atoms with Crippen LogP contribution in [0.4, 0.5) is 10.8 Å². The Hall–Kier alpha value is -2.18. The number of benzene rings is 1. The third-order valence-corrected chi connectivity index (χ3v) is 4.68. The zero-order valence-corrected chi connectivity index (χ0v) is 13.6. The zero-order chi connectivity index (χ0) is 15.4. The molecule has 2 N–H and O–H groups in total. The molecule has 0 bridgehead atoms. The summed E-state index contributed by atoms with van der Waals surface area (Å²) in [6, 6.07) is 11.4. The summed E-state index contributed by atoms with van der Waals surface area (Å²) in [4.78, 5) is 17.2. The standard InChI is InChI=1S/C16H15N3OS2/c1-2-17-16-19-13(10-22-16)11-5-7-12(8-6-11)18-15(20)14-4-3-9-21-14/h3-10H,2H2,1H3,(H,17,19)(H,18,20). The third kappa shape index (κ3) is 3.35. The Bertz CT molecular complexity index is 748. The summed E-state index contributed by atoms with van der Waals surface area (Å²) in [6.07, 6.45) is 0. The lowest BCUT2D eigenvalue weighted by Gasteiger charge is -2.04. The van der Waals surface area contributed by atoms with Crippen LogP contribution in [0.25, 0.3) is 11.3 Å². The van der Waals surface area contributed by atoms with Crippen molar-refractivity contribution in [1.82, 2.24) is 4.98 Å². The van der Waals surface area contributed by atoms with Crippen molar-refractivity contribution in [3.63, 3.8) is 0 Å². The van der Waals surface area contributed by atoms with E-state index in [4.69, 9.17) is 0 Å². The maximum Gasteiger partial charge on any atom is 0.265 e. The average molecular weight is 329 g/mol. The summed E-state index contributed by atoms with van der Waals surface area (Å²) in [5, 5.41) is 10.9. The molecule has 0 spiro atoms. The van der Waals surface area contributed by atoms with Gasteiger partial charge in [-0.05, 0) is 30.5 Å². The molecule has 3 aromatic rings. The number of thiazole rings is 1. The number of amides is 1. The minimum Gasteiger partial charge on any atom is -0.362 e. The number of rotatable bonds is 5. The molecule has 22 heavy (non-hydrogen) atoms. The Kier molecular flexibility index (Phi) is 4.50. The summed E-state index contributed by atoms with van der Waals surface area (Å²) < 4.78 is 0. The van der Waals surface area contributed by atoms with Crippen molar-refractivity contribution in [2.24, 2.45) is 0 Å². The lowest BCUT2D eigenvalue weighted by atomic mass is 10.1. The zero-order valence-electron chi connectivity index (χ0n) is 12.0. The van der Waals surface area contributed by atoms with E-state index in [2.05, 4.69) is 15.6 Å². The van der Waals surface area contributed by atoms with E-state index in [0.29, 0.717) is 4.88 Å². The van der Waals surface area contributed by atoms with Crippen LogP contribution in [-0.2, 0) is 0 Å². The molecule has 0 aliphatic carbocycles. The first-order chi connectivity index (χ1) is 10.8. The van der Waals surface area contributed by atoms with Crippen LogP contribution in [-0.4, -0.2) is 17.4 Å². The first-order valence-electron chi connectivity index (χ1n) is 6.91. The Morgan fingerprint density at radius 2 is 2.00 bits per heavy atom. The molecule has 0 unspecified atom stereocenters. The molecule has 2 aromatic heterocycles. The second-order valence-corrected chi connectivity index (χ2v) is 6.38. The van der Waals surface area contributed by atoms with Crippen molar-refractivity contribution in [1.29, 1.82) is 0 Å². The van der Waals surface area contributed by atoms with E-state index >= 15 is 0 Å². The van der Waals surface area contributed by atoms with Crippen molar-refractivity contribution in [2.45, 2.75) is 6.92 Å². The monoisotopic (exact) mass is 329 g/mol. The largest absolute Gasteiger partial charge is 0.362 e. The molecule has 0 atom stereocenters. The van der Waals surface area contributed by atoms with Crippen LogP contribution in [0.2, 0.25) is 0 Å². The number of carbonyl (C=O) groups excluding carboxylic acids is 1. The van der Waals surface area contributed by atoms with Gasteiger partial charge in [0.2, 0.25) is 0 Å². The van der Waals surface area contributed by atoms with E-state index in [1.807, 2.05) is 54.1 Å². The van der Waals surface area contributed by atoms with E-state index in [9.17, 15) is 4.79 Å². The van der Waals surface area contributed by atoms with Crippen LogP contribution < -0.4 is 10.6 Å². The quantitative estimate of drug-likeness (QED) is 0.722. The molecule has 0 aliphatic heterocycles. The van der Waals surface area contributed by atoms with Gasteiger partial charge in [0.15, 0.2) is 5.13 Å². The number of anilines is 2. The number of nitrogens with one attached hydrogen (secondary N) is 2. The smallest absolute Gasteiger partial charge is 0.265 e. The van der Waals surface area contributed by atoms with Crippen molar-refractivity contribution in [2.75, 3.05) is 17.2 Å². The van der Waals surface area contributed by atoms with Crippen LogP contribution in [0.15, 0.2) is 47.2 Å². The van der Waals surface area contributed by atoms with Crippen LogP contribution in [0.5, 0.6) is 0 Å². The van der Waals surface area contributed by atoms with Crippen molar-refractivity contribution in [3.8, 4) is 11.3 Å². The second-order valence-electron chi connectivity index (χ2n) is 4.58. The predicted molar refractivity (Wildman–Crippen MR) is 94.0 cm³/mol.